The molecule has 98 valence electrons. The summed E-state index contributed by atoms with van der Waals surface area (Å²) < 4.78 is 11.8. The van der Waals surface area contributed by atoms with Crippen LogP contribution >= 0.6 is 0 Å². The molecule has 1 aliphatic rings. The second-order valence-electron chi connectivity index (χ2n) is 5.90. The highest BCUT2D eigenvalue weighted by Crippen LogP contribution is 2.36. The van der Waals surface area contributed by atoms with Crippen LogP contribution in [0.5, 0.6) is 0 Å². The van der Waals surface area contributed by atoms with Crippen LogP contribution in [0.25, 0.3) is 0 Å². The Morgan fingerprint density at radius 3 is 2.06 bits per heavy atom. The number of rotatable bonds is 6. The van der Waals surface area contributed by atoms with Crippen molar-refractivity contribution in [1.82, 2.24) is 0 Å². The quantitative estimate of drug-likeness (QED) is 0.511. The van der Waals surface area contributed by atoms with Crippen molar-refractivity contribution in [2.75, 3.05) is 0 Å². The minimum Gasteiger partial charge on any atom is -0.400 e. The summed E-state index contributed by atoms with van der Waals surface area (Å²) in [7, 11) is -0.175. The van der Waals surface area contributed by atoms with Crippen molar-refractivity contribution in [3.8, 4) is 0 Å². The average molecular weight is 238 g/mol. The van der Waals surface area contributed by atoms with E-state index in [1.165, 1.54) is 25.7 Å². The molecule has 1 fully saturated rings. The van der Waals surface area contributed by atoms with E-state index in [2.05, 4.69) is 46.7 Å². The number of allylic oxidation sites excluding steroid dienone is 1. The van der Waals surface area contributed by atoms with Crippen molar-refractivity contribution in [2.24, 2.45) is 0 Å². The zero-order chi connectivity index (χ0) is 12.9. The highest BCUT2D eigenvalue weighted by molar-refractivity contribution is 6.51. The first kappa shape index (κ1) is 14.8. The van der Waals surface area contributed by atoms with Gasteiger partial charge in [-0.3, -0.25) is 0 Å². The Bertz CT molecular complexity index is 243. The van der Waals surface area contributed by atoms with Crippen LogP contribution in [0.3, 0.4) is 0 Å². The van der Waals surface area contributed by atoms with E-state index in [0.29, 0.717) is 0 Å². The van der Waals surface area contributed by atoms with Crippen LogP contribution in [0.4, 0.5) is 0 Å². The monoisotopic (exact) mass is 238 g/mol. The summed E-state index contributed by atoms with van der Waals surface area (Å²) in [6.07, 6.45) is 8.54. The summed E-state index contributed by atoms with van der Waals surface area (Å²) >= 11 is 0. The summed E-state index contributed by atoms with van der Waals surface area (Å²) in [6, 6.07) is 0. The maximum Gasteiger partial charge on any atom is 0.486 e. The topological polar surface area (TPSA) is 18.5 Å². The molecule has 2 nitrogen and oxygen atoms in total. The van der Waals surface area contributed by atoms with Gasteiger partial charge in [-0.05, 0) is 40.5 Å². The molecule has 0 amide bonds. The van der Waals surface area contributed by atoms with E-state index in [1.807, 2.05) is 0 Å². The Hall–Kier alpha value is -0.275. The minimum absolute atomic E-state index is 0.175. The Labute approximate surface area is 107 Å². The Morgan fingerprint density at radius 2 is 1.53 bits per heavy atom. The number of hydrogen-bond acceptors (Lipinski definition) is 2. The summed E-state index contributed by atoms with van der Waals surface area (Å²) in [4.78, 5) is 0. The van der Waals surface area contributed by atoms with Crippen molar-refractivity contribution in [3.63, 3.8) is 0 Å². The SMILES string of the molecule is CCCCCC/C=C\B1OC(C)(C)C(C)(C)O1. The van der Waals surface area contributed by atoms with Gasteiger partial charge in [0.05, 0.1) is 11.2 Å². The molecule has 0 spiro atoms. The molecule has 0 bridgehead atoms. The second kappa shape index (κ2) is 6.06. The van der Waals surface area contributed by atoms with E-state index in [1.54, 1.807) is 0 Å². The third-order valence-electron chi connectivity index (χ3n) is 3.79. The fourth-order valence-corrected chi connectivity index (χ4v) is 1.86. The van der Waals surface area contributed by atoms with E-state index in [0.717, 1.165) is 6.42 Å². The Morgan fingerprint density at radius 1 is 0.941 bits per heavy atom. The van der Waals surface area contributed by atoms with Gasteiger partial charge in [-0.2, -0.15) is 0 Å². The van der Waals surface area contributed by atoms with Gasteiger partial charge in [-0.25, -0.2) is 0 Å². The molecule has 0 unspecified atom stereocenters. The van der Waals surface area contributed by atoms with Crippen LogP contribution in [0.2, 0.25) is 0 Å². The summed E-state index contributed by atoms with van der Waals surface area (Å²) in [5, 5.41) is 0. The molecule has 3 heteroatoms. The Kier molecular flexibility index (Phi) is 5.27. The zero-order valence-corrected chi connectivity index (χ0v) is 12.1. The van der Waals surface area contributed by atoms with E-state index < -0.39 is 0 Å². The molecule has 1 aliphatic heterocycles. The fraction of sp³-hybridized carbons (Fsp3) is 0.857. The zero-order valence-electron chi connectivity index (χ0n) is 12.1. The lowest BCUT2D eigenvalue weighted by Gasteiger charge is -2.32. The van der Waals surface area contributed by atoms with Crippen molar-refractivity contribution in [3.05, 3.63) is 12.1 Å². The molecule has 0 saturated carbocycles. The van der Waals surface area contributed by atoms with Gasteiger partial charge in [0, 0.05) is 0 Å². The van der Waals surface area contributed by atoms with Gasteiger partial charge in [0.25, 0.3) is 0 Å². The lowest BCUT2D eigenvalue weighted by atomic mass is 9.89. The van der Waals surface area contributed by atoms with Crippen LogP contribution in [0.15, 0.2) is 12.1 Å². The molecule has 0 radical (unpaired) electrons. The maximum atomic E-state index is 5.88. The molecule has 0 aromatic carbocycles. The van der Waals surface area contributed by atoms with E-state index in [4.69, 9.17) is 9.31 Å². The van der Waals surface area contributed by atoms with Gasteiger partial charge >= 0.3 is 7.12 Å². The van der Waals surface area contributed by atoms with E-state index >= 15 is 0 Å². The molecular weight excluding hydrogens is 211 g/mol. The predicted octanol–water partition coefficient (Wildman–Crippen LogP) is 4.14. The Balaban J connectivity index is 2.28. The molecule has 0 aromatic rings. The minimum atomic E-state index is -0.218. The highest BCUT2D eigenvalue weighted by Gasteiger charge is 2.49. The van der Waals surface area contributed by atoms with Crippen LogP contribution in [-0.4, -0.2) is 18.3 Å². The van der Waals surface area contributed by atoms with Gasteiger partial charge in [0.2, 0.25) is 0 Å². The lowest BCUT2D eigenvalue weighted by Crippen LogP contribution is -2.41. The molecule has 0 aromatic heterocycles. The number of unbranched alkanes of at least 4 members (excludes halogenated alkanes) is 4. The third-order valence-corrected chi connectivity index (χ3v) is 3.79. The average Bonchev–Trinajstić information content (AvgIpc) is 2.41. The first-order valence-corrected chi connectivity index (χ1v) is 6.91. The molecule has 1 saturated heterocycles. The molecule has 1 heterocycles. The molecule has 1 rings (SSSR count). The first-order valence-electron chi connectivity index (χ1n) is 6.91. The van der Waals surface area contributed by atoms with E-state index in [-0.39, 0.29) is 18.3 Å². The first-order chi connectivity index (χ1) is 7.89. The van der Waals surface area contributed by atoms with Gasteiger partial charge in [0.15, 0.2) is 0 Å². The second-order valence-corrected chi connectivity index (χ2v) is 5.90. The van der Waals surface area contributed by atoms with Crippen LogP contribution in [-0.2, 0) is 9.31 Å². The van der Waals surface area contributed by atoms with Crippen molar-refractivity contribution in [1.29, 1.82) is 0 Å². The predicted molar refractivity (Wildman–Crippen MR) is 74.0 cm³/mol. The molecular formula is C14H27BO2. The normalized spacial score (nSPS) is 22.5. The molecule has 17 heavy (non-hydrogen) atoms. The lowest BCUT2D eigenvalue weighted by molar-refractivity contribution is 0.00578. The van der Waals surface area contributed by atoms with E-state index in [9.17, 15) is 0 Å². The van der Waals surface area contributed by atoms with Crippen molar-refractivity contribution >= 4 is 7.12 Å². The standard InChI is InChI=1S/C14H27BO2/c1-6-7-8-9-10-11-12-15-16-13(2,3)14(4,5)17-15/h11-12H,6-10H2,1-5H3/b12-11-. The largest absolute Gasteiger partial charge is 0.486 e. The molecule has 0 aliphatic carbocycles. The van der Waals surface area contributed by atoms with Gasteiger partial charge < -0.3 is 9.31 Å². The van der Waals surface area contributed by atoms with Crippen LogP contribution < -0.4 is 0 Å². The van der Waals surface area contributed by atoms with Gasteiger partial charge in [0.1, 0.15) is 0 Å². The molecule has 0 N–H and O–H groups in total. The fourth-order valence-electron chi connectivity index (χ4n) is 1.86. The van der Waals surface area contributed by atoms with Crippen molar-refractivity contribution in [2.45, 2.75) is 77.9 Å². The summed E-state index contributed by atoms with van der Waals surface area (Å²) in [5.74, 6) is 2.06. The van der Waals surface area contributed by atoms with Crippen molar-refractivity contribution < 1.29 is 9.31 Å². The maximum absolute atomic E-state index is 5.88. The smallest absolute Gasteiger partial charge is 0.400 e. The summed E-state index contributed by atoms with van der Waals surface area (Å²) in [6.45, 7) is 10.6. The third kappa shape index (κ3) is 4.15. The highest BCUT2D eigenvalue weighted by atomic mass is 16.7. The summed E-state index contributed by atoms with van der Waals surface area (Å²) in [5.41, 5.74) is -0.436. The number of hydrogen-bond donors (Lipinski definition) is 0. The van der Waals surface area contributed by atoms with Crippen LogP contribution in [0.1, 0.15) is 66.7 Å². The van der Waals surface area contributed by atoms with Gasteiger partial charge in [-0.15, -0.1) is 0 Å². The molecule has 0 atom stereocenters. The van der Waals surface area contributed by atoms with Gasteiger partial charge in [-0.1, -0.05) is 38.2 Å². The van der Waals surface area contributed by atoms with Crippen LogP contribution in [0, 0.1) is 0 Å².